The second kappa shape index (κ2) is 9.99. The maximum absolute atomic E-state index is 14.2. The van der Waals surface area contributed by atoms with E-state index in [0.29, 0.717) is 29.6 Å². The molecule has 1 amide bonds. The molecule has 2 fully saturated rings. The molecule has 1 atom stereocenters. The van der Waals surface area contributed by atoms with Gasteiger partial charge >= 0.3 is 0 Å². The van der Waals surface area contributed by atoms with Crippen molar-refractivity contribution in [2.75, 3.05) is 33.4 Å². The first kappa shape index (κ1) is 20.8. The molecule has 1 aromatic carbocycles. The maximum atomic E-state index is 14.2. The lowest BCUT2D eigenvalue weighted by Gasteiger charge is -2.40. The summed E-state index contributed by atoms with van der Waals surface area (Å²) in [6.45, 7) is 3.39. The lowest BCUT2D eigenvalue weighted by atomic mass is 9.86. The van der Waals surface area contributed by atoms with Crippen molar-refractivity contribution in [2.24, 2.45) is 5.92 Å². The van der Waals surface area contributed by atoms with Gasteiger partial charge in [-0.1, -0.05) is 18.9 Å². The van der Waals surface area contributed by atoms with Gasteiger partial charge in [-0.2, -0.15) is 5.26 Å². The van der Waals surface area contributed by atoms with Crippen LogP contribution in [0, 0.1) is 23.1 Å². The van der Waals surface area contributed by atoms with Crippen LogP contribution in [0.3, 0.4) is 0 Å². The van der Waals surface area contributed by atoms with Gasteiger partial charge in [0.25, 0.3) is 0 Å². The molecule has 0 spiro atoms. The summed E-state index contributed by atoms with van der Waals surface area (Å²) in [4.78, 5) is 16.9. The summed E-state index contributed by atoms with van der Waals surface area (Å²) >= 11 is 0. The Labute approximate surface area is 167 Å². The van der Waals surface area contributed by atoms with Gasteiger partial charge in [0.15, 0.2) is 0 Å². The largest absolute Gasteiger partial charge is 0.375 e. The van der Waals surface area contributed by atoms with E-state index >= 15 is 0 Å². The van der Waals surface area contributed by atoms with Crippen molar-refractivity contribution >= 4 is 5.91 Å². The Hall–Kier alpha value is -1.97. The van der Waals surface area contributed by atoms with Crippen LogP contribution in [0.5, 0.6) is 0 Å². The van der Waals surface area contributed by atoms with Crippen LogP contribution < -0.4 is 0 Å². The summed E-state index contributed by atoms with van der Waals surface area (Å²) in [5.41, 5.74) is 0.998. The fraction of sp³-hybridized carbons (Fsp3) is 0.636. The van der Waals surface area contributed by atoms with Gasteiger partial charge in [0.1, 0.15) is 12.4 Å². The topological polar surface area (TPSA) is 56.6 Å². The van der Waals surface area contributed by atoms with E-state index in [1.54, 1.807) is 19.2 Å². The van der Waals surface area contributed by atoms with Gasteiger partial charge in [0, 0.05) is 31.8 Å². The van der Waals surface area contributed by atoms with Gasteiger partial charge in [0.05, 0.1) is 11.6 Å². The fourth-order valence-corrected chi connectivity index (χ4v) is 4.62. The van der Waals surface area contributed by atoms with E-state index in [9.17, 15) is 9.18 Å². The summed E-state index contributed by atoms with van der Waals surface area (Å²) in [6.07, 6.45) is 6.56. The highest BCUT2D eigenvalue weighted by Crippen LogP contribution is 2.31. The number of halogens is 1. The second-order valence-electron chi connectivity index (χ2n) is 7.97. The number of piperidine rings is 1. The van der Waals surface area contributed by atoms with E-state index in [2.05, 4.69) is 9.80 Å². The summed E-state index contributed by atoms with van der Waals surface area (Å²) in [5.74, 6) is 0.304. The number of carbonyl (C=O) groups excluding carboxylic acids is 1. The Morgan fingerprint density at radius 3 is 2.68 bits per heavy atom. The van der Waals surface area contributed by atoms with Crippen LogP contribution in [0.15, 0.2) is 18.2 Å². The number of hydrogen-bond donors (Lipinski definition) is 0. The van der Waals surface area contributed by atoms with Crippen molar-refractivity contribution in [1.29, 1.82) is 5.26 Å². The van der Waals surface area contributed by atoms with E-state index in [4.69, 9.17) is 10.00 Å². The average Bonchev–Trinajstić information content (AvgIpc) is 2.96. The van der Waals surface area contributed by atoms with Gasteiger partial charge in [-0.25, -0.2) is 4.39 Å². The van der Waals surface area contributed by atoms with E-state index in [0.717, 1.165) is 45.3 Å². The van der Waals surface area contributed by atoms with Crippen LogP contribution in [0.4, 0.5) is 4.39 Å². The number of hydrogen-bond acceptors (Lipinski definition) is 4. The van der Waals surface area contributed by atoms with Crippen LogP contribution in [0.2, 0.25) is 0 Å². The summed E-state index contributed by atoms with van der Waals surface area (Å²) < 4.78 is 19.3. The minimum absolute atomic E-state index is 0.108. The van der Waals surface area contributed by atoms with Gasteiger partial charge in [-0.15, -0.1) is 0 Å². The van der Waals surface area contributed by atoms with E-state index in [1.165, 1.54) is 18.9 Å². The Balaban J connectivity index is 1.59. The number of nitriles is 1. The highest BCUT2D eigenvalue weighted by atomic mass is 19.1. The summed E-state index contributed by atoms with van der Waals surface area (Å²) in [5, 5.41) is 8.88. The lowest BCUT2D eigenvalue weighted by molar-refractivity contribution is -0.139. The van der Waals surface area contributed by atoms with Crippen LogP contribution in [-0.4, -0.2) is 55.1 Å². The predicted octanol–water partition coefficient (Wildman–Crippen LogP) is 3.33. The van der Waals surface area contributed by atoms with Crippen molar-refractivity contribution in [3.8, 4) is 6.07 Å². The number of nitrogens with zero attached hydrogens (tertiary/aromatic N) is 3. The van der Waals surface area contributed by atoms with E-state index in [-0.39, 0.29) is 18.3 Å². The predicted molar refractivity (Wildman–Crippen MR) is 105 cm³/mol. The number of likely N-dealkylation sites (tertiary alicyclic amines) is 2. The molecule has 0 N–H and O–H groups in total. The molecule has 6 heteroatoms. The Bertz CT molecular complexity index is 710. The SMILES string of the molecule is COCC(=O)N1CCCCC[C@@H]1C1CCN(Cc2ccc(C#N)cc2F)CC1. The minimum atomic E-state index is -0.304. The van der Waals surface area contributed by atoms with Crippen LogP contribution in [0.1, 0.15) is 49.7 Å². The zero-order valence-corrected chi connectivity index (χ0v) is 16.7. The van der Waals surface area contributed by atoms with Gasteiger partial charge in [0.2, 0.25) is 5.91 Å². The van der Waals surface area contributed by atoms with Gasteiger partial charge < -0.3 is 9.64 Å². The molecule has 0 radical (unpaired) electrons. The average molecular weight is 387 g/mol. The molecule has 2 aliphatic heterocycles. The summed E-state index contributed by atoms with van der Waals surface area (Å²) in [6, 6.07) is 6.99. The number of rotatable bonds is 5. The highest BCUT2D eigenvalue weighted by molar-refractivity contribution is 5.77. The molecule has 2 heterocycles. The highest BCUT2D eigenvalue weighted by Gasteiger charge is 2.33. The molecule has 2 aliphatic rings. The standard InChI is InChI=1S/C22H30FN3O2/c1-28-16-22(27)26-10-4-2-3-5-21(26)18-8-11-25(12-9-18)15-19-7-6-17(14-24)13-20(19)23/h6-7,13,18,21H,2-5,8-12,15-16H2,1H3/t21-/m1/s1. The van der Waals surface area contributed by atoms with Crippen LogP contribution >= 0.6 is 0 Å². The molecule has 2 saturated heterocycles. The number of carbonyl (C=O) groups is 1. The second-order valence-corrected chi connectivity index (χ2v) is 7.97. The first-order valence-electron chi connectivity index (χ1n) is 10.3. The molecule has 5 nitrogen and oxygen atoms in total. The molecular formula is C22H30FN3O2. The maximum Gasteiger partial charge on any atom is 0.248 e. The third kappa shape index (κ3) is 5.09. The van der Waals surface area contributed by atoms with Crippen molar-refractivity contribution in [3.63, 3.8) is 0 Å². The fourth-order valence-electron chi connectivity index (χ4n) is 4.62. The number of ether oxygens (including phenoxy) is 1. The van der Waals surface area contributed by atoms with E-state index in [1.807, 2.05) is 6.07 Å². The van der Waals surface area contributed by atoms with Crippen molar-refractivity contribution in [3.05, 3.63) is 35.1 Å². The molecule has 152 valence electrons. The number of amides is 1. The Morgan fingerprint density at radius 1 is 1.21 bits per heavy atom. The molecular weight excluding hydrogens is 357 g/mol. The lowest BCUT2D eigenvalue weighted by Crippen LogP contribution is -2.48. The van der Waals surface area contributed by atoms with Crippen molar-refractivity contribution in [2.45, 2.75) is 51.1 Å². The smallest absolute Gasteiger partial charge is 0.248 e. The zero-order chi connectivity index (χ0) is 19.9. The normalized spacial score (nSPS) is 21.9. The molecule has 0 bridgehead atoms. The third-order valence-corrected chi connectivity index (χ3v) is 6.14. The Kier molecular flexibility index (Phi) is 7.41. The monoisotopic (exact) mass is 387 g/mol. The molecule has 0 saturated carbocycles. The number of benzene rings is 1. The summed E-state index contributed by atoms with van der Waals surface area (Å²) in [7, 11) is 1.57. The molecule has 0 unspecified atom stereocenters. The van der Waals surface area contributed by atoms with Gasteiger partial charge in [-0.05, 0) is 56.8 Å². The minimum Gasteiger partial charge on any atom is -0.375 e. The van der Waals surface area contributed by atoms with Gasteiger partial charge in [-0.3, -0.25) is 9.69 Å². The van der Waals surface area contributed by atoms with Crippen LogP contribution in [-0.2, 0) is 16.1 Å². The Morgan fingerprint density at radius 2 is 2.00 bits per heavy atom. The van der Waals surface area contributed by atoms with E-state index < -0.39 is 0 Å². The van der Waals surface area contributed by atoms with Crippen molar-refractivity contribution < 1.29 is 13.9 Å². The van der Waals surface area contributed by atoms with Crippen molar-refractivity contribution in [1.82, 2.24) is 9.80 Å². The first-order chi connectivity index (χ1) is 13.6. The zero-order valence-electron chi connectivity index (χ0n) is 16.7. The number of methoxy groups -OCH3 is 1. The molecule has 28 heavy (non-hydrogen) atoms. The molecule has 1 aromatic rings. The molecule has 0 aliphatic carbocycles. The molecule has 3 rings (SSSR count). The molecule has 0 aromatic heterocycles. The third-order valence-electron chi connectivity index (χ3n) is 6.14. The quantitative estimate of drug-likeness (QED) is 0.778. The first-order valence-corrected chi connectivity index (χ1v) is 10.3. The van der Waals surface area contributed by atoms with Crippen LogP contribution in [0.25, 0.3) is 0 Å².